The molecule has 0 bridgehead atoms. The fraction of sp³-hybridized carbons (Fsp3) is 0.550. The molecule has 152 valence electrons. The number of thioether (sulfide) groups is 1. The third kappa shape index (κ3) is 3.41. The molecule has 0 saturated carbocycles. The minimum Gasteiger partial charge on any atom is -0.352 e. The van der Waals surface area contributed by atoms with Crippen molar-refractivity contribution >= 4 is 23.5 Å². The minimum atomic E-state index is -0.108. The molecule has 5 rings (SSSR count). The molecule has 3 aliphatic rings. The van der Waals surface area contributed by atoms with E-state index in [0.29, 0.717) is 25.1 Å². The first-order chi connectivity index (χ1) is 14.1. The minimum absolute atomic E-state index is 0.0298. The fourth-order valence-electron chi connectivity index (χ4n) is 4.36. The summed E-state index contributed by atoms with van der Waals surface area (Å²) < 4.78 is 1.70. The van der Waals surface area contributed by atoms with Crippen molar-refractivity contribution in [1.82, 2.24) is 24.6 Å². The topological polar surface area (TPSA) is 84.2 Å². The van der Waals surface area contributed by atoms with E-state index in [9.17, 15) is 9.59 Å². The average molecular weight is 413 g/mol. The summed E-state index contributed by atoms with van der Waals surface area (Å²) in [7, 11) is 0. The molecule has 1 atom stereocenters. The molecule has 4 heterocycles. The van der Waals surface area contributed by atoms with E-state index in [1.54, 1.807) is 29.4 Å². The van der Waals surface area contributed by atoms with Crippen molar-refractivity contribution in [3.05, 3.63) is 39.4 Å². The number of hydrogen-bond donors (Lipinski definition) is 0. The largest absolute Gasteiger partial charge is 0.352 e. The van der Waals surface area contributed by atoms with E-state index in [1.807, 2.05) is 4.90 Å². The monoisotopic (exact) mass is 412 g/mol. The Morgan fingerprint density at radius 3 is 2.86 bits per heavy atom. The number of nitrogens with zero attached hydrogens (tertiary/aromatic N) is 6. The molecule has 0 radical (unpaired) electrons. The molecule has 0 aromatic carbocycles. The lowest BCUT2D eigenvalue weighted by atomic mass is 10.2. The summed E-state index contributed by atoms with van der Waals surface area (Å²) in [6.07, 6.45) is 5.25. The Hall–Kier alpha value is -2.42. The molecule has 1 unspecified atom stereocenters. The predicted octanol–water partition coefficient (Wildman–Crippen LogP) is 1.22. The van der Waals surface area contributed by atoms with Crippen LogP contribution in [0.5, 0.6) is 0 Å². The number of carbonyl (C=O) groups excluding carboxylic acids is 1. The van der Waals surface area contributed by atoms with Crippen molar-refractivity contribution in [1.29, 1.82) is 0 Å². The van der Waals surface area contributed by atoms with Gasteiger partial charge in [0.05, 0.1) is 11.7 Å². The maximum Gasteiger partial charge on any atom is 0.257 e. The normalized spacial score (nSPS) is 20.7. The molecular formula is C20H24N6O2S. The zero-order valence-corrected chi connectivity index (χ0v) is 17.3. The Morgan fingerprint density at radius 1 is 1.21 bits per heavy atom. The Labute approximate surface area is 173 Å². The van der Waals surface area contributed by atoms with Crippen LogP contribution in [0.4, 0.5) is 5.82 Å². The number of fused-ring (bicyclic) bond motifs is 2. The standard InChI is InChI=1S/C20H24N6O2S/c1-13-11-21-20-26(19(13)28)15(12-29-20)10-18(27)25-7-5-24(6-8-25)17-9-14-3-2-4-16(14)22-23-17/h9,11,15H,2-8,10,12H2,1H3. The van der Waals surface area contributed by atoms with Crippen molar-refractivity contribution in [2.45, 2.75) is 43.8 Å². The van der Waals surface area contributed by atoms with Gasteiger partial charge in [-0.05, 0) is 37.8 Å². The van der Waals surface area contributed by atoms with Crippen molar-refractivity contribution in [2.24, 2.45) is 0 Å². The highest BCUT2D eigenvalue weighted by atomic mass is 32.2. The van der Waals surface area contributed by atoms with Crippen molar-refractivity contribution in [3.63, 3.8) is 0 Å². The zero-order valence-electron chi connectivity index (χ0n) is 16.5. The van der Waals surface area contributed by atoms with Crippen LogP contribution in [0.2, 0.25) is 0 Å². The lowest BCUT2D eigenvalue weighted by Gasteiger charge is -2.35. The molecule has 29 heavy (non-hydrogen) atoms. The van der Waals surface area contributed by atoms with Crippen LogP contribution >= 0.6 is 11.8 Å². The molecule has 1 amide bonds. The number of anilines is 1. The lowest BCUT2D eigenvalue weighted by Crippen LogP contribution is -2.49. The molecule has 1 saturated heterocycles. The fourth-order valence-corrected chi connectivity index (χ4v) is 5.46. The van der Waals surface area contributed by atoms with Crippen molar-refractivity contribution in [3.8, 4) is 0 Å². The van der Waals surface area contributed by atoms with E-state index in [1.165, 1.54) is 5.56 Å². The van der Waals surface area contributed by atoms with Gasteiger partial charge in [-0.1, -0.05) is 11.8 Å². The van der Waals surface area contributed by atoms with Crippen LogP contribution in [0.1, 0.15) is 35.7 Å². The first-order valence-corrected chi connectivity index (χ1v) is 11.2. The summed E-state index contributed by atoms with van der Waals surface area (Å²) in [4.78, 5) is 33.8. The van der Waals surface area contributed by atoms with E-state index in [4.69, 9.17) is 0 Å². The number of piperazine rings is 1. The maximum atomic E-state index is 12.9. The van der Waals surface area contributed by atoms with E-state index in [2.05, 4.69) is 26.1 Å². The first kappa shape index (κ1) is 18.6. The molecule has 0 spiro atoms. The number of aryl methyl sites for hydroxylation is 3. The van der Waals surface area contributed by atoms with Gasteiger partial charge in [-0.25, -0.2) is 4.98 Å². The van der Waals surface area contributed by atoms with Gasteiger partial charge in [0.15, 0.2) is 11.0 Å². The Balaban J connectivity index is 1.22. The quantitative estimate of drug-likeness (QED) is 0.701. The molecule has 8 nitrogen and oxygen atoms in total. The summed E-state index contributed by atoms with van der Waals surface area (Å²) in [5.74, 6) is 1.76. The summed E-state index contributed by atoms with van der Waals surface area (Å²) >= 11 is 1.55. The SMILES string of the molecule is Cc1cnc2n(c1=O)C(CC(=O)N1CCN(c3cc4c(nn3)CCC4)CC1)CS2. The molecule has 2 aromatic heterocycles. The summed E-state index contributed by atoms with van der Waals surface area (Å²) in [5.41, 5.74) is 3.05. The number of amides is 1. The van der Waals surface area contributed by atoms with E-state index >= 15 is 0 Å². The summed E-state index contributed by atoms with van der Waals surface area (Å²) in [5, 5.41) is 9.50. The highest BCUT2D eigenvalue weighted by molar-refractivity contribution is 7.99. The van der Waals surface area contributed by atoms with Crippen LogP contribution < -0.4 is 10.5 Å². The van der Waals surface area contributed by atoms with Gasteiger partial charge in [0.25, 0.3) is 5.56 Å². The summed E-state index contributed by atoms with van der Waals surface area (Å²) in [6, 6.07) is 2.06. The van der Waals surface area contributed by atoms with E-state index < -0.39 is 0 Å². The van der Waals surface area contributed by atoms with Crippen LogP contribution in [0.3, 0.4) is 0 Å². The number of hydrogen-bond acceptors (Lipinski definition) is 7. The molecule has 2 aliphatic heterocycles. The van der Waals surface area contributed by atoms with Gasteiger partial charge in [0, 0.05) is 50.1 Å². The number of aromatic nitrogens is 4. The third-order valence-electron chi connectivity index (χ3n) is 6.07. The van der Waals surface area contributed by atoms with Gasteiger partial charge >= 0.3 is 0 Å². The van der Waals surface area contributed by atoms with Crippen LogP contribution in [-0.4, -0.2) is 62.5 Å². The zero-order chi connectivity index (χ0) is 20.0. The lowest BCUT2D eigenvalue weighted by molar-refractivity contribution is -0.132. The molecule has 1 aliphatic carbocycles. The predicted molar refractivity (Wildman–Crippen MR) is 110 cm³/mol. The van der Waals surface area contributed by atoms with Gasteiger partial charge in [0.2, 0.25) is 5.91 Å². The molecule has 1 fully saturated rings. The average Bonchev–Trinajstić information content (AvgIpc) is 3.37. The maximum absolute atomic E-state index is 12.9. The van der Waals surface area contributed by atoms with Crippen molar-refractivity contribution < 1.29 is 4.79 Å². The highest BCUT2D eigenvalue weighted by Gasteiger charge is 2.30. The first-order valence-electron chi connectivity index (χ1n) is 10.2. The van der Waals surface area contributed by atoms with Crippen molar-refractivity contribution in [2.75, 3.05) is 36.8 Å². The number of carbonyl (C=O) groups is 1. The second kappa shape index (κ2) is 7.44. The Kier molecular flexibility index (Phi) is 4.77. The van der Waals surface area contributed by atoms with Gasteiger partial charge in [-0.15, -0.1) is 5.10 Å². The summed E-state index contributed by atoms with van der Waals surface area (Å²) in [6.45, 7) is 4.63. The van der Waals surface area contributed by atoms with Crippen LogP contribution in [0.15, 0.2) is 22.2 Å². The van der Waals surface area contributed by atoms with Gasteiger partial charge in [0.1, 0.15) is 0 Å². The van der Waals surface area contributed by atoms with E-state index in [-0.39, 0.29) is 17.5 Å². The second-order valence-electron chi connectivity index (χ2n) is 7.96. The second-order valence-corrected chi connectivity index (χ2v) is 8.95. The van der Waals surface area contributed by atoms with Crippen LogP contribution in [0, 0.1) is 6.92 Å². The Morgan fingerprint density at radius 2 is 2.03 bits per heavy atom. The molecule has 9 heteroatoms. The number of rotatable bonds is 3. The Bertz CT molecular complexity index is 1010. The highest BCUT2D eigenvalue weighted by Crippen LogP contribution is 2.32. The van der Waals surface area contributed by atoms with E-state index in [0.717, 1.165) is 54.8 Å². The third-order valence-corrected chi connectivity index (χ3v) is 7.19. The van der Waals surface area contributed by atoms with Gasteiger partial charge < -0.3 is 9.80 Å². The molecule has 0 N–H and O–H groups in total. The molecular weight excluding hydrogens is 388 g/mol. The van der Waals surface area contributed by atoms with Crippen LogP contribution in [0.25, 0.3) is 0 Å². The van der Waals surface area contributed by atoms with Gasteiger partial charge in [-0.2, -0.15) is 5.10 Å². The molecule has 2 aromatic rings. The van der Waals surface area contributed by atoms with Crippen LogP contribution in [-0.2, 0) is 17.6 Å². The smallest absolute Gasteiger partial charge is 0.257 e. The van der Waals surface area contributed by atoms with Gasteiger partial charge in [-0.3, -0.25) is 14.2 Å².